The van der Waals surface area contributed by atoms with Gasteiger partial charge in [0.2, 0.25) is 0 Å². The minimum atomic E-state index is -4.02. The van der Waals surface area contributed by atoms with Gasteiger partial charge in [0, 0.05) is 24.3 Å². The van der Waals surface area contributed by atoms with Crippen LogP contribution in [-0.2, 0) is 19.6 Å². The van der Waals surface area contributed by atoms with Gasteiger partial charge in [-0.3, -0.25) is 4.55 Å². The van der Waals surface area contributed by atoms with Gasteiger partial charge in [0.15, 0.2) is 5.79 Å². The lowest BCUT2D eigenvalue weighted by molar-refractivity contribution is -0.320. The maximum Gasteiger partial charge on any atom is 0.294 e. The molecule has 1 N–H and O–H groups in total. The van der Waals surface area contributed by atoms with E-state index in [4.69, 9.17) is 14.0 Å². The fraction of sp³-hybridized carbons (Fsp3) is 0.750. The van der Waals surface area contributed by atoms with Crippen molar-refractivity contribution in [1.29, 1.82) is 0 Å². The third kappa shape index (κ3) is 6.51. The van der Waals surface area contributed by atoms with E-state index in [0.717, 1.165) is 43.6 Å². The van der Waals surface area contributed by atoms with E-state index in [1.54, 1.807) is 12.1 Å². The number of likely N-dealkylation sites (tertiary alicyclic amines) is 1. The Morgan fingerprint density at radius 3 is 2.35 bits per heavy atom. The first-order valence-corrected chi connectivity index (χ1v) is 13.0. The molecule has 0 aromatic heterocycles. The van der Waals surface area contributed by atoms with Crippen molar-refractivity contribution in [2.24, 2.45) is 11.3 Å². The zero-order valence-electron chi connectivity index (χ0n) is 19.5. The van der Waals surface area contributed by atoms with Crippen molar-refractivity contribution in [3.63, 3.8) is 0 Å². The highest BCUT2D eigenvalue weighted by Crippen LogP contribution is 2.45. The molecule has 176 valence electrons. The summed E-state index contributed by atoms with van der Waals surface area (Å²) in [6, 6.07) is 6.78. The Bertz CT molecular complexity index is 809. The molecule has 0 unspecified atom stereocenters. The monoisotopic (exact) mass is 453 g/mol. The Morgan fingerprint density at radius 1 is 1.13 bits per heavy atom. The van der Waals surface area contributed by atoms with Crippen molar-refractivity contribution in [1.82, 2.24) is 4.90 Å². The molecule has 2 atom stereocenters. The van der Waals surface area contributed by atoms with Gasteiger partial charge in [-0.15, -0.1) is 0 Å². The smallest absolute Gasteiger partial charge is 0.294 e. The minimum Gasteiger partial charge on any atom is -0.349 e. The third-order valence-corrected chi connectivity index (χ3v) is 7.58. The van der Waals surface area contributed by atoms with Gasteiger partial charge in [0.25, 0.3) is 10.1 Å². The van der Waals surface area contributed by atoms with Crippen LogP contribution < -0.4 is 0 Å². The van der Waals surface area contributed by atoms with E-state index in [9.17, 15) is 8.42 Å². The van der Waals surface area contributed by atoms with Crippen LogP contribution in [0, 0.1) is 18.3 Å². The van der Waals surface area contributed by atoms with E-state index < -0.39 is 10.1 Å². The summed E-state index contributed by atoms with van der Waals surface area (Å²) in [5.74, 6) is 0.539. The molecule has 1 aliphatic carbocycles. The molecule has 6 nitrogen and oxygen atoms in total. The molecule has 1 aromatic rings. The fourth-order valence-electron chi connectivity index (χ4n) is 5.01. The molecule has 7 heteroatoms. The van der Waals surface area contributed by atoms with Crippen LogP contribution in [-0.4, -0.2) is 56.0 Å². The second-order valence-electron chi connectivity index (χ2n) is 10.2. The van der Waals surface area contributed by atoms with Gasteiger partial charge in [-0.05, 0) is 63.7 Å². The van der Waals surface area contributed by atoms with E-state index >= 15 is 0 Å². The largest absolute Gasteiger partial charge is 0.349 e. The van der Waals surface area contributed by atoms with Gasteiger partial charge in [-0.25, -0.2) is 0 Å². The molecule has 0 amide bonds. The summed E-state index contributed by atoms with van der Waals surface area (Å²) < 4.78 is 42.0. The van der Waals surface area contributed by atoms with Crippen molar-refractivity contribution < 1.29 is 22.4 Å². The second kappa shape index (κ2) is 9.87. The van der Waals surface area contributed by atoms with Crippen molar-refractivity contribution >= 4 is 10.1 Å². The Kier molecular flexibility index (Phi) is 7.85. The van der Waals surface area contributed by atoms with Gasteiger partial charge in [-0.2, -0.15) is 8.42 Å². The number of nitrogens with zero attached hydrogens (tertiary/aromatic N) is 1. The first-order chi connectivity index (χ1) is 14.5. The lowest BCUT2D eigenvalue weighted by atomic mass is 9.74. The molecule has 1 spiro atoms. The first kappa shape index (κ1) is 24.6. The molecule has 1 aromatic carbocycles. The highest BCUT2D eigenvalue weighted by molar-refractivity contribution is 7.85. The van der Waals surface area contributed by atoms with Gasteiger partial charge in [-0.1, -0.05) is 38.5 Å². The predicted octanol–water partition coefficient (Wildman–Crippen LogP) is 4.67. The number of hydrogen-bond donors (Lipinski definition) is 1. The van der Waals surface area contributed by atoms with Crippen LogP contribution in [0.5, 0.6) is 0 Å². The molecule has 3 aliphatic rings. The van der Waals surface area contributed by atoms with Crippen LogP contribution in [0.15, 0.2) is 29.2 Å². The minimum absolute atomic E-state index is 0.0666. The third-order valence-electron chi connectivity index (χ3n) is 6.71. The lowest BCUT2D eigenvalue weighted by Crippen LogP contribution is -2.56. The van der Waals surface area contributed by atoms with Crippen molar-refractivity contribution in [2.45, 2.75) is 82.9 Å². The number of hydrogen-bond acceptors (Lipinski definition) is 5. The van der Waals surface area contributed by atoms with Crippen molar-refractivity contribution in [2.75, 3.05) is 26.3 Å². The van der Waals surface area contributed by atoms with E-state index in [0.29, 0.717) is 0 Å². The molecule has 1 saturated carbocycles. The van der Waals surface area contributed by atoms with Gasteiger partial charge < -0.3 is 14.4 Å². The van der Waals surface area contributed by atoms with Crippen LogP contribution >= 0.6 is 0 Å². The average molecular weight is 454 g/mol. The Morgan fingerprint density at radius 2 is 1.77 bits per heavy atom. The normalized spacial score (nSPS) is 27.8. The highest BCUT2D eigenvalue weighted by atomic mass is 32.2. The van der Waals surface area contributed by atoms with E-state index in [2.05, 4.69) is 25.7 Å². The Labute approximate surface area is 188 Å². The van der Waals surface area contributed by atoms with Gasteiger partial charge >= 0.3 is 0 Å². The summed E-state index contributed by atoms with van der Waals surface area (Å²) in [5, 5.41) is 0. The summed E-state index contributed by atoms with van der Waals surface area (Å²) in [4.78, 5) is 2.66. The molecule has 4 rings (SSSR count). The zero-order chi connectivity index (χ0) is 22.7. The lowest BCUT2D eigenvalue weighted by Gasteiger charge is -2.53. The van der Waals surface area contributed by atoms with Gasteiger partial charge in [0.05, 0.1) is 18.1 Å². The molecule has 2 aliphatic heterocycles. The molecule has 3 fully saturated rings. The van der Waals surface area contributed by atoms with Crippen LogP contribution in [0.3, 0.4) is 0 Å². The number of benzene rings is 1. The maximum atomic E-state index is 10.5. The van der Waals surface area contributed by atoms with Crippen LogP contribution in [0.1, 0.15) is 64.9 Å². The van der Waals surface area contributed by atoms with Crippen LogP contribution in [0.4, 0.5) is 0 Å². The predicted molar refractivity (Wildman–Crippen MR) is 122 cm³/mol. The average Bonchev–Trinajstić information content (AvgIpc) is 2.71. The molecule has 2 heterocycles. The first-order valence-electron chi connectivity index (χ1n) is 11.6. The summed E-state index contributed by atoms with van der Waals surface area (Å²) in [5.41, 5.74) is 1.14. The molecule has 0 radical (unpaired) electrons. The van der Waals surface area contributed by atoms with Gasteiger partial charge in [0.1, 0.15) is 0 Å². The quantitative estimate of drug-likeness (QED) is 0.670. The van der Waals surface area contributed by atoms with Crippen LogP contribution in [0.25, 0.3) is 0 Å². The van der Waals surface area contributed by atoms with E-state index in [-0.39, 0.29) is 16.1 Å². The number of fused-ring (bicyclic) bond motifs is 1. The summed E-state index contributed by atoms with van der Waals surface area (Å²) in [6.45, 7) is 12.9. The number of aryl methyl sites for hydroxylation is 1. The molecular formula is C24H39NO5S. The Hall–Kier alpha value is -0.990. The molecule has 31 heavy (non-hydrogen) atoms. The number of piperidine rings is 1. The number of rotatable bonds is 3. The topological polar surface area (TPSA) is 76.1 Å². The van der Waals surface area contributed by atoms with Crippen molar-refractivity contribution in [3.8, 4) is 0 Å². The van der Waals surface area contributed by atoms with Crippen molar-refractivity contribution in [3.05, 3.63) is 29.8 Å². The summed E-state index contributed by atoms with van der Waals surface area (Å²) >= 11 is 0. The van der Waals surface area contributed by atoms with E-state index in [1.165, 1.54) is 50.9 Å². The molecule has 0 bridgehead atoms. The number of ether oxygens (including phenoxy) is 2. The second-order valence-corrected chi connectivity index (χ2v) is 11.6. The molecular weight excluding hydrogens is 414 g/mol. The molecule has 2 saturated heterocycles. The summed E-state index contributed by atoms with van der Waals surface area (Å²) in [6.07, 6.45) is 7.45. The van der Waals surface area contributed by atoms with E-state index in [1.807, 2.05) is 6.92 Å². The Balaban J connectivity index is 0.000000210. The fourth-order valence-corrected chi connectivity index (χ4v) is 5.49. The zero-order valence-corrected chi connectivity index (χ0v) is 20.3. The highest BCUT2D eigenvalue weighted by Gasteiger charge is 2.48. The standard InChI is InChI=1S/C17H31NO2.C7H8O3S/c1-4-9-18-10-5-6-14-11-17(8-7-15(14)18)19-12-16(2,3)13-20-17;1-6-2-4-7(5-3-6)11(8,9)10/h14-15H,4-13H2,1-3H3;2-5H,1H3,(H,8,9,10)/t14-,15-;/m1./s1. The van der Waals surface area contributed by atoms with Crippen LogP contribution in [0.2, 0.25) is 0 Å². The maximum absolute atomic E-state index is 10.5. The SMILES string of the molecule is CCCN1CCC[C@@H]2CC3(CC[C@H]21)OCC(C)(C)CO3.Cc1ccc(S(=O)(=O)O)cc1. The summed E-state index contributed by atoms with van der Waals surface area (Å²) in [7, 11) is -4.02.